The maximum absolute atomic E-state index is 4.52. The van der Waals surface area contributed by atoms with Crippen molar-refractivity contribution in [3.05, 3.63) is 18.2 Å². The van der Waals surface area contributed by atoms with E-state index in [0.29, 0.717) is 6.04 Å². The van der Waals surface area contributed by atoms with Crippen LogP contribution in [0.5, 0.6) is 0 Å². The fraction of sp³-hybridized carbons (Fsp3) is 0.800. The Hall–Kier alpha value is -0.830. The van der Waals surface area contributed by atoms with Gasteiger partial charge in [-0.25, -0.2) is 4.98 Å². The zero-order chi connectivity index (χ0) is 13.2. The molecule has 0 aliphatic heterocycles. The normalized spacial score (nSPS) is 12.8. The van der Waals surface area contributed by atoms with Gasteiger partial charge in [-0.05, 0) is 19.9 Å². The largest absolute Gasteiger partial charge is 0.334 e. The van der Waals surface area contributed by atoms with E-state index >= 15 is 0 Å². The minimum Gasteiger partial charge on any atom is -0.334 e. The summed E-state index contributed by atoms with van der Waals surface area (Å²) < 4.78 is 2.25. The Labute approximate surface area is 112 Å². The van der Waals surface area contributed by atoms with Gasteiger partial charge in [-0.3, -0.25) is 0 Å². The molecule has 0 spiro atoms. The first-order chi connectivity index (χ1) is 8.83. The van der Waals surface area contributed by atoms with E-state index in [-0.39, 0.29) is 0 Å². The van der Waals surface area contributed by atoms with Crippen LogP contribution in [0.15, 0.2) is 12.4 Å². The highest BCUT2D eigenvalue weighted by atomic mass is 15.1. The second kappa shape index (κ2) is 9.15. The van der Waals surface area contributed by atoms with Crippen molar-refractivity contribution in [2.45, 2.75) is 71.9 Å². The summed E-state index contributed by atoms with van der Waals surface area (Å²) in [5, 5.41) is 3.57. The van der Waals surface area contributed by atoms with Crippen LogP contribution in [-0.2, 0) is 6.54 Å². The average Bonchev–Trinajstić information content (AvgIpc) is 2.85. The Kier molecular flexibility index (Phi) is 7.74. The molecular formula is C15H29N3. The van der Waals surface area contributed by atoms with Crippen molar-refractivity contribution in [3.8, 4) is 0 Å². The van der Waals surface area contributed by atoms with Crippen molar-refractivity contribution in [1.82, 2.24) is 14.9 Å². The van der Waals surface area contributed by atoms with Gasteiger partial charge in [0.15, 0.2) is 0 Å². The molecule has 1 unspecified atom stereocenters. The van der Waals surface area contributed by atoms with E-state index in [4.69, 9.17) is 0 Å². The van der Waals surface area contributed by atoms with Crippen LogP contribution < -0.4 is 5.32 Å². The van der Waals surface area contributed by atoms with Crippen LogP contribution in [0.3, 0.4) is 0 Å². The molecule has 0 saturated carbocycles. The number of aryl methyl sites for hydroxylation is 1. The molecule has 1 atom stereocenters. The fourth-order valence-electron chi connectivity index (χ4n) is 2.42. The second-order valence-corrected chi connectivity index (χ2v) is 4.88. The van der Waals surface area contributed by atoms with Crippen LogP contribution in [0.2, 0.25) is 0 Å². The molecule has 0 bridgehead atoms. The summed E-state index contributed by atoms with van der Waals surface area (Å²) in [5.74, 6) is 1.20. The fourth-order valence-corrected chi connectivity index (χ4v) is 2.42. The van der Waals surface area contributed by atoms with Crippen molar-refractivity contribution in [2.24, 2.45) is 0 Å². The lowest BCUT2D eigenvalue weighted by Crippen LogP contribution is -2.24. The van der Waals surface area contributed by atoms with E-state index in [9.17, 15) is 0 Å². The first-order valence-electron chi connectivity index (χ1n) is 7.57. The molecule has 0 fully saturated rings. The number of hydrogen-bond acceptors (Lipinski definition) is 2. The Bertz CT molecular complexity index is 306. The highest BCUT2D eigenvalue weighted by Gasteiger charge is 2.14. The minimum absolute atomic E-state index is 0.423. The van der Waals surface area contributed by atoms with E-state index in [1.165, 1.54) is 44.3 Å². The molecule has 1 N–H and O–H groups in total. The highest BCUT2D eigenvalue weighted by molar-refractivity contribution is 4.99. The number of nitrogens with zero attached hydrogens (tertiary/aromatic N) is 2. The molecule has 3 nitrogen and oxygen atoms in total. The number of nitrogens with one attached hydrogen (secondary N) is 1. The third kappa shape index (κ3) is 4.81. The highest BCUT2D eigenvalue weighted by Crippen LogP contribution is 2.19. The van der Waals surface area contributed by atoms with Crippen LogP contribution in [0.4, 0.5) is 0 Å². The van der Waals surface area contributed by atoms with E-state index in [0.717, 1.165) is 13.1 Å². The van der Waals surface area contributed by atoms with E-state index in [2.05, 4.69) is 41.8 Å². The van der Waals surface area contributed by atoms with Crippen molar-refractivity contribution in [1.29, 1.82) is 0 Å². The lowest BCUT2D eigenvalue weighted by Gasteiger charge is -2.18. The van der Waals surface area contributed by atoms with E-state index < -0.39 is 0 Å². The molecule has 18 heavy (non-hydrogen) atoms. The van der Waals surface area contributed by atoms with Crippen molar-refractivity contribution in [2.75, 3.05) is 6.54 Å². The van der Waals surface area contributed by atoms with Crippen LogP contribution >= 0.6 is 0 Å². The molecule has 0 saturated heterocycles. The summed E-state index contributed by atoms with van der Waals surface area (Å²) in [5.41, 5.74) is 0. The second-order valence-electron chi connectivity index (χ2n) is 4.88. The maximum atomic E-state index is 4.52. The van der Waals surface area contributed by atoms with Crippen LogP contribution in [0.1, 0.15) is 71.2 Å². The number of unbranched alkanes of at least 4 members (excludes halogenated alkanes) is 4. The Morgan fingerprint density at radius 2 is 1.94 bits per heavy atom. The standard InChI is InChI=1S/C15H29N3/c1-4-7-8-9-10-11-14(16-5-2)15-17-12-13-18(15)6-3/h12-14,16H,4-11H2,1-3H3. The molecule has 1 aromatic rings. The van der Waals surface area contributed by atoms with Crippen molar-refractivity contribution >= 4 is 0 Å². The Balaban J connectivity index is 2.44. The molecule has 0 aromatic carbocycles. The molecule has 1 heterocycles. The molecular weight excluding hydrogens is 222 g/mol. The Morgan fingerprint density at radius 1 is 1.17 bits per heavy atom. The van der Waals surface area contributed by atoms with Gasteiger partial charge in [0.05, 0.1) is 6.04 Å². The smallest absolute Gasteiger partial charge is 0.125 e. The van der Waals surface area contributed by atoms with Gasteiger partial charge in [-0.1, -0.05) is 46.0 Å². The predicted octanol–water partition coefficient (Wildman–Crippen LogP) is 3.91. The van der Waals surface area contributed by atoms with Gasteiger partial charge in [0, 0.05) is 18.9 Å². The molecule has 1 aromatic heterocycles. The molecule has 0 aliphatic carbocycles. The molecule has 1 rings (SSSR count). The predicted molar refractivity (Wildman–Crippen MR) is 77.7 cm³/mol. The van der Waals surface area contributed by atoms with Gasteiger partial charge < -0.3 is 9.88 Å². The summed E-state index contributed by atoms with van der Waals surface area (Å²) in [6.07, 6.45) is 11.9. The summed E-state index contributed by atoms with van der Waals surface area (Å²) >= 11 is 0. The summed E-state index contributed by atoms with van der Waals surface area (Å²) in [7, 11) is 0. The lowest BCUT2D eigenvalue weighted by molar-refractivity contribution is 0.444. The first kappa shape index (κ1) is 15.2. The monoisotopic (exact) mass is 251 g/mol. The number of imidazole rings is 1. The molecule has 0 amide bonds. The van der Waals surface area contributed by atoms with Gasteiger partial charge in [0.1, 0.15) is 5.82 Å². The van der Waals surface area contributed by atoms with Crippen LogP contribution in [0, 0.1) is 0 Å². The summed E-state index contributed by atoms with van der Waals surface area (Å²) in [4.78, 5) is 4.52. The summed E-state index contributed by atoms with van der Waals surface area (Å²) in [6, 6.07) is 0.423. The quantitative estimate of drug-likeness (QED) is 0.639. The number of rotatable bonds is 10. The van der Waals surface area contributed by atoms with Crippen LogP contribution in [-0.4, -0.2) is 16.1 Å². The number of aromatic nitrogens is 2. The summed E-state index contributed by atoms with van der Waals surface area (Å²) in [6.45, 7) is 8.63. The molecule has 0 aliphatic rings. The van der Waals surface area contributed by atoms with Gasteiger partial charge in [0.2, 0.25) is 0 Å². The van der Waals surface area contributed by atoms with Crippen LogP contribution in [0.25, 0.3) is 0 Å². The molecule has 0 radical (unpaired) electrons. The minimum atomic E-state index is 0.423. The first-order valence-corrected chi connectivity index (χ1v) is 7.57. The lowest BCUT2D eigenvalue weighted by atomic mass is 10.1. The van der Waals surface area contributed by atoms with Gasteiger partial charge in [-0.15, -0.1) is 0 Å². The SMILES string of the molecule is CCCCCCCC(NCC)c1nccn1CC. The van der Waals surface area contributed by atoms with Crippen molar-refractivity contribution in [3.63, 3.8) is 0 Å². The Morgan fingerprint density at radius 3 is 2.61 bits per heavy atom. The van der Waals surface area contributed by atoms with Crippen molar-refractivity contribution < 1.29 is 0 Å². The zero-order valence-electron chi connectivity index (χ0n) is 12.3. The van der Waals surface area contributed by atoms with E-state index in [1.54, 1.807) is 0 Å². The zero-order valence-corrected chi connectivity index (χ0v) is 12.3. The molecule has 3 heteroatoms. The maximum Gasteiger partial charge on any atom is 0.125 e. The topological polar surface area (TPSA) is 29.9 Å². The third-order valence-electron chi connectivity index (χ3n) is 3.45. The van der Waals surface area contributed by atoms with Gasteiger partial charge in [0.25, 0.3) is 0 Å². The number of hydrogen-bond donors (Lipinski definition) is 1. The molecule has 104 valence electrons. The van der Waals surface area contributed by atoms with Gasteiger partial charge in [-0.2, -0.15) is 0 Å². The third-order valence-corrected chi connectivity index (χ3v) is 3.45. The van der Waals surface area contributed by atoms with E-state index in [1.807, 2.05) is 6.20 Å². The average molecular weight is 251 g/mol. The van der Waals surface area contributed by atoms with Gasteiger partial charge >= 0.3 is 0 Å².